The van der Waals surface area contributed by atoms with E-state index in [0.717, 1.165) is 16.9 Å². The second-order valence-corrected chi connectivity index (χ2v) is 7.38. The van der Waals surface area contributed by atoms with Crippen LogP contribution in [0.25, 0.3) is 23.2 Å². The van der Waals surface area contributed by atoms with E-state index in [4.69, 9.17) is 11.6 Å². The largest absolute Gasteiger partial charge is 0.291 e. The molecule has 0 spiro atoms. The summed E-state index contributed by atoms with van der Waals surface area (Å²) in [5.41, 5.74) is 2.03. The number of aryl methyl sites for hydroxylation is 1. The summed E-state index contributed by atoms with van der Waals surface area (Å²) in [6.45, 7) is 2.03. The highest BCUT2D eigenvalue weighted by molar-refractivity contribution is 7.15. The molecule has 0 saturated heterocycles. The minimum atomic E-state index is -0.484. The van der Waals surface area contributed by atoms with Crippen LogP contribution < -0.4 is 10.1 Å². The maximum Gasteiger partial charge on any atom is 0.291 e. The van der Waals surface area contributed by atoms with Crippen LogP contribution in [0.5, 0.6) is 0 Å². The molecular formula is C20H13ClFN3OS. The molecule has 2 aromatic carbocycles. The van der Waals surface area contributed by atoms with Gasteiger partial charge >= 0.3 is 0 Å². The zero-order chi connectivity index (χ0) is 19.0. The molecule has 0 bridgehead atoms. The highest BCUT2D eigenvalue weighted by Crippen LogP contribution is 2.19. The summed E-state index contributed by atoms with van der Waals surface area (Å²) in [5.74, 6) is -0.0444. The van der Waals surface area contributed by atoms with Gasteiger partial charge in [-0.2, -0.15) is 9.50 Å². The lowest BCUT2D eigenvalue weighted by Crippen LogP contribution is -2.23. The van der Waals surface area contributed by atoms with Gasteiger partial charge in [0, 0.05) is 5.56 Å². The van der Waals surface area contributed by atoms with E-state index in [1.807, 2.05) is 37.3 Å². The van der Waals surface area contributed by atoms with Crippen LogP contribution >= 0.6 is 22.9 Å². The number of thiazole rings is 1. The molecule has 0 aliphatic rings. The van der Waals surface area contributed by atoms with Crippen LogP contribution in [0.1, 0.15) is 22.5 Å². The molecule has 4 rings (SSSR count). The third-order valence-corrected chi connectivity index (χ3v) is 5.26. The van der Waals surface area contributed by atoms with Crippen molar-refractivity contribution in [2.24, 2.45) is 0 Å². The zero-order valence-corrected chi connectivity index (χ0v) is 15.8. The Bertz CT molecular complexity index is 1260. The normalized spacial score (nSPS) is 12.5. The molecule has 0 unspecified atom stereocenters. The molecular weight excluding hydrogens is 385 g/mol. The van der Waals surface area contributed by atoms with Crippen LogP contribution in [0.4, 0.5) is 4.39 Å². The van der Waals surface area contributed by atoms with E-state index in [0.29, 0.717) is 15.3 Å². The summed E-state index contributed by atoms with van der Waals surface area (Å²) < 4.78 is 15.5. The van der Waals surface area contributed by atoms with E-state index in [9.17, 15) is 9.18 Å². The predicted molar refractivity (Wildman–Crippen MR) is 107 cm³/mol. The molecule has 7 heteroatoms. The van der Waals surface area contributed by atoms with Crippen molar-refractivity contribution in [1.82, 2.24) is 14.6 Å². The molecule has 27 heavy (non-hydrogen) atoms. The molecule has 0 radical (unpaired) electrons. The average molecular weight is 398 g/mol. The molecule has 0 fully saturated rings. The number of halogens is 2. The van der Waals surface area contributed by atoms with E-state index in [2.05, 4.69) is 10.1 Å². The fourth-order valence-corrected chi connectivity index (χ4v) is 3.66. The van der Waals surface area contributed by atoms with E-state index in [1.165, 1.54) is 28.3 Å². The van der Waals surface area contributed by atoms with Crippen LogP contribution in [0.2, 0.25) is 5.02 Å². The Balaban J connectivity index is 1.71. The summed E-state index contributed by atoms with van der Waals surface area (Å²) in [4.78, 5) is 17.3. The van der Waals surface area contributed by atoms with Gasteiger partial charge in [0.2, 0.25) is 4.96 Å². The third-order valence-electron chi connectivity index (χ3n) is 3.98. The Labute approximate surface area is 162 Å². The van der Waals surface area contributed by atoms with Gasteiger partial charge in [-0.15, -0.1) is 5.10 Å². The van der Waals surface area contributed by atoms with Gasteiger partial charge in [-0.05, 0) is 36.8 Å². The number of nitrogens with zero attached hydrogens (tertiary/aromatic N) is 3. The molecule has 134 valence electrons. The van der Waals surface area contributed by atoms with Gasteiger partial charge in [-0.25, -0.2) is 4.39 Å². The SMILES string of the molecule is Cc1ccc(/C=C/c2nc3s/c(=C\c4c(F)cccc4Cl)c(=O)n3n2)cc1. The van der Waals surface area contributed by atoms with Crippen LogP contribution in [0, 0.1) is 12.7 Å². The molecule has 4 nitrogen and oxygen atoms in total. The van der Waals surface area contributed by atoms with E-state index >= 15 is 0 Å². The van der Waals surface area contributed by atoms with Gasteiger partial charge in [0.05, 0.1) is 9.55 Å². The second-order valence-electron chi connectivity index (χ2n) is 5.96. The summed E-state index contributed by atoms with van der Waals surface area (Å²) >= 11 is 7.17. The summed E-state index contributed by atoms with van der Waals surface area (Å²) in [7, 11) is 0. The standard InChI is InChI=1S/C20H13ClFN3OS/c1-12-5-7-13(8-6-12)9-10-18-23-20-25(24-18)19(26)17(27-20)11-14-15(21)3-2-4-16(14)22/h2-11H,1H3/b10-9+,17-11-. The van der Waals surface area contributed by atoms with Crippen molar-refractivity contribution < 1.29 is 4.39 Å². The number of benzene rings is 2. The van der Waals surface area contributed by atoms with Crippen molar-refractivity contribution in [3.05, 3.63) is 90.7 Å². The first-order valence-corrected chi connectivity index (χ1v) is 9.31. The van der Waals surface area contributed by atoms with Crippen molar-refractivity contribution in [1.29, 1.82) is 0 Å². The van der Waals surface area contributed by atoms with Crippen molar-refractivity contribution in [2.75, 3.05) is 0 Å². The average Bonchev–Trinajstić information content (AvgIpc) is 3.17. The lowest BCUT2D eigenvalue weighted by atomic mass is 10.1. The third kappa shape index (κ3) is 3.54. The number of aromatic nitrogens is 3. The number of hydrogen-bond acceptors (Lipinski definition) is 4. The van der Waals surface area contributed by atoms with Crippen molar-refractivity contribution in [2.45, 2.75) is 6.92 Å². The van der Waals surface area contributed by atoms with Gasteiger partial charge in [0.15, 0.2) is 5.82 Å². The molecule has 0 atom stereocenters. The molecule has 0 aliphatic carbocycles. The van der Waals surface area contributed by atoms with E-state index in [1.54, 1.807) is 12.1 Å². The minimum Gasteiger partial charge on any atom is -0.266 e. The van der Waals surface area contributed by atoms with Crippen molar-refractivity contribution >= 4 is 46.1 Å². The van der Waals surface area contributed by atoms with Crippen LogP contribution in [0.3, 0.4) is 0 Å². The van der Waals surface area contributed by atoms with Gasteiger partial charge in [0.25, 0.3) is 5.56 Å². The van der Waals surface area contributed by atoms with Crippen molar-refractivity contribution in [3.8, 4) is 0 Å². The Morgan fingerprint density at radius 1 is 1.15 bits per heavy atom. The molecule has 2 heterocycles. The Morgan fingerprint density at radius 3 is 2.63 bits per heavy atom. The van der Waals surface area contributed by atoms with Gasteiger partial charge in [-0.3, -0.25) is 4.79 Å². The number of rotatable bonds is 3. The smallest absolute Gasteiger partial charge is 0.266 e. The van der Waals surface area contributed by atoms with Crippen LogP contribution in [0.15, 0.2) is 47.3 Å². The molecule has 4 aromatic rings. The molecule has 0 amide bonds. The van der Waals surface area contributed by atoms with E-state index < -0.39 is 5.82 Å². The Morgan fingerprint density at radius 2 is 1.93 bits per heavy atom. The van der Waals surface area contributed by atoms with Crippen LogP contribution in [-0.4, -0.2) is 14.6 Å². The second kappa shape index (κ2) is 7.06. The fourth-order valence-electron chi connectivity index (χ4n) is 2.55. The maximum absolute atomic E-state index is 13.9. The number of hydrogen-bond donors (Lipinski definition) is 0. The molecule has 2 aromatic heterocycles. The highest BCUT2D eigenvalue weighted by atomic mass is 35.5. The van der Waals surface area contributed by atoms with Gasteiger partial charge in [-0.1, -0.05) is 64.9 Å². The zero-order valence-electron chi connectivity index (χ0n) is 14.2. The molecule has 0 saturated carbocycles. The quantitative estimate of drug-likeness (QED) is 0.525. The summed E-state index contributed by atoms with van der Waals surface area (Å²) in [6.07, 6.45) is 5.07. The van der Waals surface area contributed by atoms with Crippen molar-refractivity contribution in [3.63, 3.8) is 0 Å². The highest BCUT2D eigenvalue weighted by Gasteiger charge is 2.11. The monoisotopic (exact) mass is 397 g/mol. The first kappa shape index (κ1) is 17.6. The van der Waals surface area contributed by atoms with E-state index in [-0.39, 0.29) is 16.1 Å². The fraction of sp³-hybridized carbons (Fsp3) is 0.0500. The molecule has 0 N–H and O–H groups in total. The molecule has 0 aliphatic heterocycles. The lowest BCUT2D eigenvalue weighted by molar-refractivity contribution is 0.625. The number of fused-ring (bicyclic) bond motifs is 1. The van der Waals surface area contributed by atoms with Crippen LogP contribution in [-0.2, 0) is 0 Å². The maximum atomic E-state index is 13.9. The topological polar surface area (TPSA) is 47.3 Å². The summed E-state index contributed by atoms with van der Waals surface area (Å²) in [5, 5.41) is 4.47. The lowest BCUT2D eigenvalue weighted by Gasteiger charge is -1.97. The van der Waals surface area contributed by atoms with Gasteiger partial charge < -0.3 is 0 Å². The first-order chi connectivity index (χ1) is 13.0. The summed E-state index contributed by atoms with van der Waals surface area (Å²) in [6, 6.07) is 12.4. The van der Waals surface area contributed by atoms with Gasteiger partial charge in [0.1, 0.15) is 5.82 Å². The Hall–Kier alpha value is -2.83. The first-order valence-electron chi connectivity index (χ1n) is 8.11. The minimum absolute atomic E-state index is 0.181. The Kier molecular flexibility index (Phi) is 4.59. The predicted octanol–water partition coefficient (Wildman–Crippen LogP) is 3.97.